The van der Waals surface area contributed by atoms with Crippen molar-refractivity contribution in [3.05, 3.63) is 75.6 Å². The van der Waals surface area contributed by atoms with Gasteiger partial charge in [-0.05, 0) is 24.3 Å². The Labute approximate surface area is 151 Å². The van der Waals surface area contributed by atoms with Gasteiger partial charge in [0.2, 0.25) is 0 Å². The second-order valence-corrected chi connectivity index (χ2v) is 5.94. The number of carbonyl (C=O) groups is 1. The van der Waals surface area contributed by atoms with Gasteiger partial charge in [-0.2, -0.15) is 5.26 Å². The zero-order chi connectivity index (χ0) is 18.5. The Morgan fingerprint density at radius 2 is 2.23 bits per heavy atom. The lowest BCUT2D eigenvalue weighted by Gasteiger charge is -2.07. The monoisotopic (exact) mass is 365 g/mol. The first-order valence-corrected chi connectivity index (χ1v) is 8.21. The lowest BCUT2D eigenvalue weighted by atomic mass is 10.2. The number of rotatable bonds is 5. The summed E-state index contributed by atoms with van der Waals surface area (Å²) in [4.78, 5) is 26.6. The molecule has 0 spiro atoms. The maximum atomic E-state index is 12.2. The quantitative estimate of drug-likeness (QED) is 0.322. The number of nitrogens with one attached hydrogen (secondary N) is 1. The Balaban J connectivity index is 1.93. The zero-order valence-corrected chi connectivity index (χ0v) is 14.0. The highest BCUT2D eigenvalue weighted by atomic mass is 32.1. The largest absolute Gasteiger partial charge is 0.317 e. The molecule has 0 radical (unpaired) electrons. The number of anilines is 1. The molecule has 1 N–H and O–H groups in total. The smallest absolute Gasteiger partial charge is 0.271 e. The van der Waals surface area contributed by atoms with Crippen LogP contribution in [0.4, 0.5) is 10.8 Å². The van der Waals surface area contributed by atoms with Crippen molar-refractivity contribution in [2.45, 2.75) is 0 Å². The maximum Gasteiger partial charge on any atom is 0.271 e. The van der Waals surface area contributed by atoms with E-state index in [-0.39, 0.29) is 11.3 Å². The Bertz CT molecular complexity index is 1030. The second-order valence-electron chi connectivity index (χ2n) is 5.04. The van der Waals surface area contributed by atoms with Gasteiger partial charge in [0, 0.05) is 35.6 Å². The number of nitriles is 1. The molecule has 26 heavy (non-hydrogen) atoms. The minimum atomic E-state index is -0.575. The molecular formula is C17H11N5O3S. The predicted octanol–water partition coefficient (Wildman–Crippen LogP) is 3.39. The van der Waals surface area contributed by atoms with E-state index in [1.807, 2.05) is 6.07 Å². The second kappa shape index (κ2) is 7.42. The third-order valence-electron chi connectivity index (χ3n) is 3.41. The van der Waals surface area contributed by atoms with E-state index >= 15 is 0 Å². The molecule has 3 rings (SSSR count). The molecule has 0 fully saturated rings. The van der Waals surface area contributed by atoms with Crippen LogP contribution in [-0.2, 0) is 4.79 Å². The molecule has 9 heteroatoms. The van der Waals surface area contributed by atoms with Crippen LogP contribution in [0.15, 0.2) is 59.7 Å². The van der Waals surface area contributed by atoms with E-state index in [0.29, 0.717) is 16.5 Å². The molecule has 0 atom stereocenters. The SMILES string of the molecule is N#C/C(=C/c1cccn1-c1cccc([N+](=O)[O-])c1)C(=O)Nc1nccs1. The van der Waals surface area contributed by atoms with E-state index in [0.717, 1.165) is 0 Å². The van der Waals surface area contributed by atoms with Crippen molar-refractivity contribution in [3.8, 4) is 11.8 Å². The predicted molar refractivity (Wildman–Crippen MR) is 96.8 cm³/mol. The zero-order valence-electron chi connectivity index (χ0n) is 13.2. The number of non-ortho nitro benzene ring substituents is 1. The first-order chi connectivity index (χ1) is 12.6. The van der Waals surface area contributed by atoms with E-state index < -0.39 is 10.8 Å². The lowest BCUT2D eigenvalue weighted by Crippen LogP contribution is -2.13. The van der Waals surface area contributed by atoms with E-state index in [9.17, 15) is 20.2 Å². The molecule has 0 aliphatic heterocycles. The van der Waals surface area contributed by atoms with Crippen LogP contribution >= 0.6 is 11.3 Å². The van der Waals surface area contributed by atoms with Crippen LogP contribution in [0.5, 0.6) is 0 Å². The Kier molecular flexibility index (Phi) is 4.87. The number of benzene rings is 1. The summed E-state index contributed by atoms with van der Waals surface area (Å²) in [6.07, 6.45) is 4.66. The fraction of sp³-hybridized carbons (Fsp3) is 0. The van der Waals surface area contributed by atoms with Crippen LogP contribution in [0.2, 0.25) is 0 Å². The van der Waals surface area contributed by atoms with Crippen molar-refractivity contribution in [2.24, 2.45) is 0 Å². The first kappa shape index (κ1) is 17.1. The number of nitro benzene ring substituents is 1. The molecule has 2 aromatic heterocycles. The molecule has 0 saturated heterocycles. The molecule has 1 aromatic carbocycles. The van der Waals surface area contributed by atoms with Crippen LogP contribution in [0.25, 0.3) is 11.8 Å². The van der Waals surface area contributed by atoms with E-state index in [1.54, 1.807) is 46.6 Å². The number of hydrogen-bond acceptors (Lipinski definition) is 6. The standard InChI is InChI=1S/C17H11N5O3S/c18-11-12(16(23)20-17-19-6-8-26-17)9-13-5-2-7-21(13)14-3-1-4-15(10-14)22(24)25/h1-10H,(H,19,20,23)/b12-9-. The van der Waals surface area contributed by atoms with E-state index in [4.69, 9.17) is 0 Å². The van der Waals surface area contributed by atoms with Crippen molar-refractivity contribution >= 4 is 34.1 Å². The van der Waals surface area contributed by atoms with Gasteiger partial charge in [0.05, 0.1) is 10.6 Å². The number of carbonyl (C=O) groups excluding carboxylic acids is 1. The van der Waals surface area contributed by atoms with Gasteiger partial charge >= 0.3 is 0 Å². The number of nitrogens with zero attached hydrogens (tertiary/aromatic N) is 4. The molecule has 0 unspecified atom stereocenters. The molecule has 3 aromatic rings. The first-order valence-electron chi connectivity index (χ1n) is 7.33. The highest BCUT2D eigenvalue weighted by Crippen LogP contribution is 2.21. The molecule has 0 aliphatic carbocycles. The number of amides is 1. The van der Waals surface area contributed by atoms with E-state index in [2.05, 4.69) is 10.3 Å². The van der Waals surface area contributed by atoms with Crippen LogP contribution in [0.1, 0.15) is 5.69 Å². The lowest BCUT2D eigenvalue weighted by molar-refractivity contribution is -0.384. The summed E-state index contributed by atoms with van der Waals surface area (Å²) in [7, 11) is 0. The summed E-state index contributed by atoms with van der Waals surface area (Å²) in [6.45, 7) is 0. The number of thiazole rings is 1. The van der Waals surface area contributed by atoms with Crippen molar-refractivity contribution in [1.29, 1.82) is 5.26 Å². The van der Waals surface area contributed by atoms with Gasteiger partial charge in [-0.3, -0.25) is 20.2 Å². The highest BCUT2D eigenvalue weighted by molar-refractivity contribution is 7.13. The fourth-order valence-corrected chi connectivity index (χ4v) is 2.77. The van der Waals surface area contributed by atoms with Gasteiger partial charge in [0.15, 0.2) is 5.13 Å². The van der Waals surface area contributed by atoms with Crippen LogP contribution in [-0.4, -0.2) is 20.4 Å². The third kappa shape index (κ3) is 3.66. The summed E-state index contributed by atoms with van der Waals surface area (Å²) in [5, 5.41) is 24.9. The van der Waals surface area contributed by atoms with Crippen molar-refractivity contribution < 1.29 is 9.72 Å². The molecule has 1 amide bonds. The summed E-state index contributed by atoms with van der Waals surface area (Å²) in [5.74, 6) is -0.575. The van der Waals surface area contributed by atoms with Crippen molar-refractivity contribution in [1.82, 2.24) is 9.55 Å². The number of nitro groups is 1. The van der Waals surface area contributed by atoms with Crippen molar-refractivity contribution in [2.75, 3.05) is 5.32 Å². The molecule has 8 nitrogen and oxygen atoms in total. The molecule has 2 heterocycles. The van der Waals surface area contributed by atoms with Gasteiger partial charge in [-0.25, -0.2) is 4.98 Å². The van der Waals surface area contributed by atoms with E-state index in [1.165, 1.54) is 29.5 Å². The molecule has 0 saturated carbocycles. The number of aromatic nitrogens is 2. The molecule has 128 valence electrons. The average molecular weight is 365 g/mol. The minimum Gasteiger partial charge on any atom is -0.317 e. The minimum absolute atomic E-state index is 0.0480. The molecular weight excluding hydrogens is 354 g/mol. The highest BCUT2D eigenvalue weighted by Gasteiger charge is 2.13. The summed E-state index contributed by atoms with van der Waals surface area (Å²) in [6, 6.07) is 11.4. The van der Waals surface area contributed by atoms with Gasteiger partial charge in [-0.15, -0.1) is 11.3 Å². The summed E-state index contributed by atoms with van der Waals surface area (Å²) < 4.78 is 1.65. The normalized spacial score (nSPS) is 11.0. The van der Waals surface area contributed by atoms with Crippen LogP contribution in [0.3, 0.4) is 0 Å². The molecule has 0 bridgehead atoms. The van der Waals surface area contributed by atoms with Gasteiger partial charge in [-0.1, -0.05) is 6.07 Å². The maximum absolute atomic E-state index is 12.2. The van der Waals surface area contributed by atoms with Gasteiger partial charge < -0.3 is 4.57 Å². The summed E-state index contributed by atoms with van der Waals surface area (Å²) >= 11 is 1.24. The topological polar surface area (TPSA) is 114 Å². The Hall–Kier alpha value is -3.77. The Morgan fingerprint density at radius 3 is 2.92 bits per heavy atom. The van der Waals surface area contributed by atoms with Gasteiger partial charge in [0.25, 0.3) is 11.6 Å². The number of hydrogen-bond donors (Lipinski definition) is 1. The Morgan fingerprint density at radius 1 is 1.38 bits per heavy atom. The van der Waals surface area contributed by atoms with Crippen LogP contribution < -0.4 is 5.32 Å². The fourth-order valence-electron chi connectivity index (χ4n) is 2.25. The third-order valence-corrected chi connectivity index (χ3v) is 4.10. The summed E-state index contributed by atoms with van der Waals surface area (Å²) in [5.41, 5.74) is 0.933. The average Bonchev–Trinajstić information content (AvgIpc) is 3.31. The van der Waals surface area contributed by atoms with Gasteiger partial charge in [0.1, 0.15) is 11.6 Å². The molecule has 0 aliphatic rings. The van der Waals surface area contributed by atoms with Crippen molar-refractivity contribution in [3.63, 3.8) is 0 Å². The van der Waals surface area contributed by atoms with Crippen LogP contribution in [0, 0.1) is 21.4 Å².